The van der Waals surface area contributed by atoms with E-state index in [0.29, 0.717) is 5.92 Å². The molecule has 332 valence electrons. The van der Waals surface area contributed by atoms with Gasteiger partial charge in [0.25, 0.3) is 0 Å². The molecule has 0 radical (unpaired) electrons. The average Bonchev–Trinajstić information content (AvgIpc) is 3.35. The second kappa shape index (κ2) is 15.1. The maximum Gasteiger partial charge on any atom is 0.242 e. The van der Waals surface area contributed by atoms with Crippen molar-refractivity contribution < 1.29 is 0 Å². The highest BCUT2D eigenvalue weighted by Gasteiger charge is 2.46. The number of hydrogen-bond acceptors (Lipinski definition) is 0. The van der Waals surface area contributed by atoms with Crippen molar-refractivity contribution in [1.29, 1.82) is 0 Å². The van der Waals surface area contributed by atoms with Crippen molar-refractivity contribution >= 4 is 23.1 Å². The summed E-state index contributed by atoms with van der Waals surface area (Å²) in [7, 11) is 0. The summed E-state index contributed by atoms with van der Waals surface area (Å²) >= 11 is 0. The molecule has 1 heterocycles. The van der Waals surface area contributed by atoms with Crippen molar-refractivity contribution in [2.24, 2.45) is 0 Å². The van der Waals surface area contributed by atoms with Crippen LogP contribution in [0.4, 0.5) is 0 Å². The molecule has 63 heavy (non-hydrogen) atoms. The molecule has 0 saturated heterocycles. The van der Waals surface area contributed by atoms with E-state index in [0.717, 1.165) is 19.3 Å². The quantitative estimate of drug-likeness (QED) is 0.150. The molecule has 2 unspecified atom stereocenters. The van der Waals surface area contributed by atoms with Crippen LogP contribution < -0.4 is 16.4 Å². The third kappa shape index (κ3) is 7.92. The summed E-state index contributed by atoms with van der Waals surface area (Å²) in [5, 5.41) is 0. The first kappa shape index (κ1) is 45.7. The molecule has 0 nitrogen and oxygen atoms in total. The van der Waals surface area contributed by atoms with Gasteiger partial charge in [-0.05, 0) is 165 Å². The van der Waals surface area contributed by atoms with Gasteiger partial charge >= 0.3 is 0 Å². The lowest BCUT2D eigenvalue weighted by Gasteiger charge is -2.43. The van der Waals surface area contributed by atoms with Gasteiger partial charge in [0.15, 0.2) is 0 Å². The minimum Gasteiger partial charge on any atom is -0.0664 e. The lowest BCUT2D eigenvalue weighted by atomic mass is 9.31. The number of hydrogen-bond donors (Lipinski definition) is 0. The average molecular weight is 837 g/mol. The second-order valence-corrected chi connectivity index (χ2v) is 25.8. The molecule has 0 N–H and O–H groups in total. The van der Waals surface area contributed by atoms with Gasteiger partial charge in [0.1, 0.15) is 0 Å². The van der Waals surface area contributed by atoms with Crippen LogP contribution in [-0.2, 0) is 38.9 Å². The number of benzene rings is 5. The minimum atomic E-state index is 0.0463. The number of fused-ring (bicyclic) bond motifs is 4. The van der Waals surface area contributed by atoms with Crippen molar-refractivity contribution in [1.82, 2.24) is 0 Å². The lowest BCUT2D eigenvalue weighted by molar-refractivity contribution is 0.331. The van der Waals surface area contributed by atoms with E-state index in [1.807, 2.05) is 0 Å². The van der Waals surface area contributed by atoms with E-state index in [1.165, 1.54) is 73.8 Å². The van der Waals surface area contributed by atoms with Crippen LogP contribution in [0, 0.1) is 27.7 Å². The highest BCUT2D eigenvalue weighted by molar-refractivity contribution is 6.97. The number of aryl methyl sites for hydroxylation is 5. The predicted octanol–water partition coefficient (Wildman–Crippen LogP) is 14.6. The first-order chi connectivity index (χ1) is 29.0. The summed E-state index contributed by atoms with van der Waals surface area (Å²) in [5.74, 6) is 0.544. The Balaban J connectivity index is 1.39. The van der Waals surface area contributed by atoms with Gasteiger partial charge in [-0.2, -0.15) is 0 Å². The van der Waals surface area contributed by atoms with E-state index in [9.17, 15) is 0 Å². The Morgan fingerprint density at radius 2 is 1.08 bits per heavy atom. The molecule has 8 rings (SSSR count). The Morgan fingerprint density at radius 3 is 1.70 bits per heavy atom. The van der Waals surface area contributed by atoms with E-state index in [-0.39, 0.29) is 45.1 Å². The zero-order valence-electron chi connectivity index (χ0n) is 43.2. The van der Waals surface area contributed by atoms with E-state index >= 15 is 0 Å². The fraction of sp³-hybridized carbons (Fsp3) is 0.516. The van der Waals surface area contributed by atoms with Crippen LogP contribution >= 0.6 is 0 Å². The van der Waals surface area contributed by atoms with Gasteiger partial charge in [-0.3, -0.25) is 0 Å². The van der Waals surface area contributed by atoms with Gasteiger partial charge < -0.3 is 0 Å². The van der Waals surface area contributed by atoms with Gasteiger partial charge in [0, 0.05) is 11.8 Å². The Bertz CT molecular complexity index is 2620. The minimum absolute atomic E-state index is 0.0463. The first-order valence-corrected chi connectivity index (χ1v) is 24.7. The normalized spacial score (nSPS) is 19.9. The molecule has 0 saturated carbocycles. The van der Waals surface area contributed by atoms with Crippen LogP contribution in [0.15, 0.2) is 72.8 Å². The largest absolute Gasteiger partial charge is 0.242 e. The summed E-state index contributed by atoms with van der Waals surface area (Å²) in [6, 6.07) is 30.7. The topological polar surface area (TPSA) is 0 Å². The molecule has 1 heteroatoms. The third-order valence-electron chi connectivity index (χ3n) is 16.8. The Labute approximate surface area is 385 Å². The van der Waals surface area contributed by atoms with E-state index in [2.05, 4.69) is 204 Å². The van der Waals surface area contributed by atoms with Gasteiger partial charge in [-0.25, -0.2) is 0 Å². The molecule has 0 fully saturated rings. The third-order valence-corrected chi connectivity index (χ3v) is 16.8. The number of rotatable bonds is 6. The molecule has 0 aromatic heterocycles. The summed E-state index contributed by atoms with van der Waals surface area (Å²) in [6.07, 6.45) is 5.78. The molecular formula is C62H81B. The van der Waals surface area contributed by atoms with Gasteiger partial charge in [0.05, 0.1) is 0 Å². The maximum atomic E-state index is 2.74. The monoisotopic (exact) mass is 837 g/mol. The molecular weight excluding hydrogens is 755 g/mol. The Morgan fingerprint density at radius 1 is 0.540 bits per heavy atom. The zero-order valence-corrected chi connectivity index (χ0v) is 43.2. The summed E-state index contributed by atoms with van der Waals surface area (Å²) in [4.78, 5) is 0. The summed E-state index contributed by atoms with van der Waals surface area (Å²) < 4.78 is 0. The van der Waals surface area contributed by atoms with Crippen LogP contribution in [0.1, 0.15) is 225 Å². The van der Waals surface area contributed by atoms with Crippen molar-refractivity contribution in [2.45, 2.75) is 208 Å². The molecule has 2 aliphatic carbocycles. The molecule has 1 aliphatic heterocycles. The SMILES string of the molecule is Cc1cc(C)c2c(c1)C(CCc1cc(C(C)(C)C)ccc1C)c1cc(C(C)(C)C)ccc1B2c1cc2c(cc1C(C)c1cc3c(cc1C)C(C)(C)CCC3(C)C)C(C)(C)CC2(C)C. The predicted molar refractivity (Wildman–Crippen MR) is 277 cm³/mol. The summed E-state index contributed by atoms with van der Waals surface area (Å²) in [6.45, 7) is 46.3. The highest BCUT2D eigenvalue weighted by atomic mass is 14.5. The Kier molecular flexibility index (Phi) is 11.0. The van der Waals surface area contributed by atoms with E-state index in [4.69, 9.17) is 0 Å². The van der Waals surface area contributed by atoms with Gasteiger partial charge in [-0.15, -0.1) is 0 Å². The van der Waals surface area contributed by atoms with Crippen molar-refractivity contribution in [3.63, 3.8) is 0 Å². The molecule has 0 bridgehead atoms. The molecule has 5 aromatic rings. The standard InChI is InChI=1S/C62H81B/c1-37-28-40(4)56-49(29-37)45(24-21-42-31-43(57(6,7)8)22-20-38(42)2)48-32-44(58(9,10)11)23-25-54(48)63(56)55-35-53-52(61(16,17)36-62(53,18)19)34-47(55)41(5)46-33-51-50(30-39(46)3)59(12,13)26-27-60(51,14)15/h20,22-23,25,28-35,41,45H,21,24,26-27,36H2,1-19H3. The van der Waals surface area contributed by atoms with E-state index in [1.54, 1.807) is 38.8 Å². The van der Waals surface area contributed by atoms with Crippen LogP contribution in [0.3, 0.4) is 0 Å². The zero-order chi connectivity index (χ0) is 46.1. The van der Waals surface area contributed by atoms with Crippen LogP contribution in [0.25, 0.3) is 0 Å². The molecule has 0 spiro atoms. The van der Waals surface area contributed by atoms with Crippen molar-refractivity contribution in [3.8, 4) is 0 Å². The second-order valence-electron chi connectivity index (χ2n) is 25.8. The first-order valence-electron chi connectivity index (χ1n) is 24.7. The van der Waals surface area contributed by atoms with E-state index < -0.39 is 0 Å². The molecule has 5 aromatic carbocycles. The van der Waals surface area contributed by atoms with Gasteiger partial charge in [0.2, 0.25) is 6.71 Å². The molecule has 3 aliphatic rings. The maximum absolute atomic E-state index is 2.74. The fourth-order valence-corrected chi connectivity index (χ4v) is 13.0. The fourth-order valence-electron chi connectivity index (χ4n) is 13.0. The molecule has 0 amide bonds. The van der Waals surface area contributed by atoms with Crippen LogP contribution in [-0.4, -0.2) is 6.71 Å². The highest BCUT2D eigenvalue weighted by Crippen LogP contribution is 2.51. The van der Waals surface area contributed by atoms with Gasteiger partial charge in [-0.1, -0.05) is 204 Å². The molecule has 2 atom stereocenters. The van der Waals surface area contributed by atoms with Crippen LogP contribution in [0.2, 0.25) is 0 Å². The van der Waals surface area contributed by atoms with Crippen LogP contribution in [0.5, 0.6) is 0 Å². The van der Waals surface area contributed by atoms with Crippen molar-refractivity contribution in [2.75, 3.05) is 0 Å². The Hall–Kier alpha value is -3.84. The smallest absolute Gasteiger partial charge is 0.0664 e. The lowest BCUT2D eigenvalue weighted by Crippen LogP contribution is -2.60. The summed E-state index contributed by atoms with van der Waals surface area (Å²) in [5.41, 5.74) is 27.7. The van der Waals surface area contributed by atoms with Crippen molar-refractivity contribution in [3.05, 3.63) is 156 Å².